The number of aryl methyl sites for hydroxylation is 1. The van der Waals surface area contributed by atoms with Crippen molar-refractivity contribution in [2.24, 2.45) is 7.05 Å². The lowest BCUT2D eigenvalue weighted by atomic mass is 10.1. The van der Waals surface area contributed by atoms with Gasteiger partial charge in [-0.2, -0.15) is 0 Å². The van der Waals surface area contributed by atoms with E-state index in [-0.39, 0.29) is 24.3 Å². The first kappa shape index (κ1) is 14.4. The number of hydrogen-bond acceptors (Lipinski definition) is 4. The van der Waals surface area contributed by atoms with Gasteiger partial charge in [-0.3, -0.25) is 9.59 Å². The number of carbonyl (C=O) groups is 1. The number of carbonyl (C=O) groups excluding carboxylic acids is 1. The van der Waals surface area contributed by atoms with E-state index in [0.29, 0.717) is 0 Å². The van der Waals surface area contributed by atoms with Crippen LogP contribution >= 0.6 is 0 Å². The number of nitrogens with one attached hydrogen (secondary N) is 1. The van der Waals surface area contributed by atoms with Crippen LogP contribution in [0.25, 0.3) is 0 Å². The van der Waals surface area contributed by atoms with Gasteiger partial charge in [0.05, 0.1) is 6.61 Å². The van der Waals surface area contributed by atoms with Crippen LogP contribution in [-0.2, 0) is 11.8 Å². The fraction of sp³-hybridized carbons (Fsp3) is 0.500. The molecule has 0 radical (unpaired) electrons. The molecule has 0 aliphatic rings. The lowest BCUT2D eigenvalue weighted by Gasteiger charge is -2.22. The van der Waals surface area contributed by atoms with Crippen LogP contribution in [0, 0.1) is 0 Å². The summed E-state index contributed by atoms with van der Waals surface area (Å²) < 4.78 is 6.14. The summed E-state index contributed by atoms with van der Waals surface area (Å²) in [6.45, 7) is 1.65. The number of pyridine rings is 1. The van der Waals surface area contributed by atoms with Gasteiger partial charge in [-0.05, 0) is 19.1 Å². The highest BCUT2D eigenvalue weighted by atomic mass is 16.5. The zero-order valence-corrected chi connectivity index (χ0v) is 10.8. The summed E-state index contributed by atoms with van der Waals surface area (Å²) in [6.07, 6.45) is 1.57. The van der Waals surface area contributed by atoms with Crippen LogP contribution in [0.5, 0.6) is 0 Å². The first-order chi connectivity index (χ1) is 8.37. The molecule has 1 atom stereocenters. The first-order valence-corrected chi connectivity index (χ1v) is 5.52. The number of hydrogen-bond donors (Lipinski definition) is 2. The molecule has 1 aromatic rings. The molecular weight excluding hydrogens is 236 g/mol. The van der Waals surface area contributed by atoms with Gasteiger partial charge in [0, 0.05) is 26.9 Å². The van der Waals surface area contributed by atoms with E-state index in [9.17, 15) is 14.7 Å². The summed E-state index contributed by atoms with van der Waals surface area (Å²) in [5, 5.41) is 12.3. The number of aliphatic hydroxyl groups is 1. The molecule has 6 heteroatoms. The van der Waals surface area contributed by atoms with Crippen LogP contribution in [0.1, 0.15) is 17.3 Å². The number of nitrogens with zero attached hydrogens (tertiary/aromatic N) is 1. The third-order valence-corrected chi connectivity index (χ3v) is 2.45. The van der Waals surface area contributed by atoms with Gasteiger partial charge < -0.3 is 19.7 Å². The second-order valence-electron chi connectivity index (χ2n) is 4.45. The topological polar surface area (TPSA) is 80.6 Å². The summed E-state index contributed by atoms with van der Waals surface area (Å²) in [5.41, 5.74) is -1.49. The molecular formula is C12H18N2O4. The Morgan fingerprint density at radius 3 is 2.89 bits per heavy atom. The average Bonchev–Trinajstić information content (AvgIpc) is 2.30. The van der Waals surface area contributed by atoms with Gasteiger partial charge in [0.25, 0.3) is 11.5 Å². The molecule has 1 heterocycles. The highest BCUT2D eigenvalue weighted by Crippen LogP contribution is 2.01. The second kappa shape index (κ2) is 5.79. The standard InChI is InChI=1S/C12H18N2O4/c1-12(17,8-18-3)7-13-10(15)9-5-4-6-14(2)11(9)16/h4-6,17H,7-8H2,1-3H3,(H,13,15)/t12-/m1/s1. The normalized spacial score (nSPS) is 14.0. The number of methoxy groups -OCH3 is 1. The molecule has 0 spiro atoms. The monoisotopic (exact) mass is 254 g/mol. The molecule has 6 nitrogen and oxygen atoms in total. The minimum Gasteiger partial charge on any atom is -0.386 e. The molecule has 0 aromatic carbocycles. The highest BCUT2D eigenvalue weighted by Gasteiger charge is 2.22. The quantitative estimate of drug-likeness (QED) is 0.743. The van der Waals surface area contributed by atoms with E-state index < -0.39 is 11.5 Å². The fourth-order valence-electron chi connectivity index (χ4n) is 1.50. The van der Waals surface area contributed by atoms with Gasteiger partial charge in [0.15, 0.2) is 0 Å². The molecule has 0 aliphatic carbocycles. The van der Waals surface area contributed by atoms with Crippen LogP contribution in [0.3, 0.4) is 0 Å². The van der Waals surface area contributed by atoms with Crippen LogP contribution in [0.4, 0.5) is 0 Å². The Kier molecular flexibility index (Phi) is 4.63. The molecule has 0 bridgehead atoms. The predicted molar refractivity (Wildman–Crippen MR) is 66.5 cm³/mol. The first-order valence-electron chi connectivity index (χ1n) is 5.52. The Balaban J connectivity index is 2.72. The third kappa shape index (κ3) is 3.68. The van der Waals surface area contributed by atoms with Crippen LogP contribution in [0.15, 0.2) is 23.1 Å². The van der Waals surface area contributed by atoms with E-state index in [0.717, 1.165) is 0 Å². The SMILES string of the molecule is COC[C@](C)(O)CNC(=O)c1cccn(C)c1=O. The molecule has 0 saturated heterocycles. The van der Waals surface area contributed by atoms with E-state index in [1.54, 1.807) is 26.2 Å². The summed E-state index contributed by atoms with van der Waals surface area (Å²) in [5.74, 6) is -0.507. The number of aromatic nitrogens is 1. The Labute approximate surface area is 105 Å². The Morgan fingerprint density at radius 1 is 1.61 bits per heavy atom. The number of rotatable bonds is 5. The summed E-state index contributed by atoms with van der Waals surface area (Å²) >= 11 is 0. The number of ether oxygens (including phenoxy) is 1. The van der Waals surface area contributed by atoms with E-state index in [2.05, 4.69) is 5.32 Å². The zero-order chi connectivity index (χ0) is 13.8. The molecule has 18 heavy (non-hydrogen) atoms. The highest BCUT2D eigenvalue weighted by molar-refractivity contribution is 5.93. The average molecular weight is 254 g/mol. The van der Waals surface area contributed by atoms with Crippen LogP contribution in [0.2, 0.25) is 0 Å². The smallest absolute Gasteiger partial charge is 0.263 e. The van der Waals surface area contributed by atoms with E-state index >= 15 is 0 Å². The maximum absolute atomic E-state index is 11.8. The molecule has 0 saturated carbocycles. The lowest BCUT2D eigenvalue weighted by Crippen LogP contribution is -2.45. The van der Waals surface area contributed by atoms with Gasteiger partial charge >= 0.3 is 0 Å². The van der Waals surface area contributed by atoms with Crippen molar-refractivity contribution < 1.29 is 14.6 Å². The molecule has 1 aromatic heterocycles. The van der Waals surface area contributed by atoms with Gasteiger partial charge in [0.2, 0.25) is 0 Å². The van der Waals surface area contributed by atoms with Crippen molar-refractivity contribution in [2.45, 2.75) is 12.5 Å². The molecule has 100 valence electrons. The predicted octanol–water partition coefficient (Wildman–Crippen LogP) is -0.488. The number of amides is 1. The molecule has 1 amide bonds. The largest absolute Gasteiger partial charge is 0.386 e. The maximum atomic E-state index is 11.8. The molecule has 0 fully saturated rings. The molecule has 0 aliphatic heterocycles. The van der Waals surface area contributed by atoms with Gasteiger partial charge in [-0.1, -0.05) is 0 Å². The zero-order valence-electron chi connectivity index (χ0n) is 10.8. The lowest BCUT2D eigenvalue weighted by molar-refractivity contribution is -0.0147. The second-order valence-corrected chi connectivity index (χ2v) is 4.45. The minimum absolute atomic E-state index is 0.0116. The van der Waals surface area contributed by atoms with Crippen molar-refractivity contribution in [1.82, 2.24) is 9.88 Å². The van der Waals surface area contributed by atoms with Gasteiger partial charge in [-0.15, -0.1) is 0 Å². The van der Waals surface area contributed by atoms with Gasteiger partial charge in [-0.25, -0.2) is 0 Å². The maximum Gasteiger partial charge on any atom is 0.263 e. The molecule has 2 N–H and O–H groups in total. The van der Waals surface area contributed by atoms with Crippen molar-refractivity contribution in [3.05, 3.63) is 34.2 Å². The van der Waals surface area contributed by atoms with Crippen LogP contribution in [-0.4, -0.2) is 41.4 Å². The Hall–Kier alpha value is -1.66. The van der Waals surface area contributed by atoms with Gasteiger partial charge in [0.1, 0.15) is 11.2 Å². The Bertz CT molecular complexity index is 479. The summed E-state index contributed by atoms with van der Waals surface area (Å²) in [6, 6.07) is 3.06. The van der Waals surface area contributed by atoms with E-state index in [1.807, 2.05) is 0 Å². The van der Waals surface area contributed by atoms with E-state index in [4.69, 9.17) is 4.74 Å². The summed E-state index contributed by atoms with van der Waals surface area (Å²) in [4.78, 5) is 23.5. The van der Waals surface area contributed by atoms with Crippen molar-refractivity contribution >= 4 is 5.91 Å². The van der Waals surface area contributed by atoms with Crippen molar-refractivity contribution in [2.75, 3.05) is 20.3 Å². The summed E-state index contributed by atoms with van der Waals surface area (Å²) in [7, 11) is 3.03. The molecule has 0 unspecified atom stereocenters. The molecule has 1 rings (SSSR count). The van der Waals surface area contributed by atoms with Crippen molar-refractivity contribution in [3.63, 3.8) is 0 Å². The minimum atomic E-state index is -1.16. The van der Waals surface area contributed by atoms with Crippen molar-refractivity contribution in [3.8, 4) is 0 Å². The van der Waals surface area contributed by atoms with E-state index in [1.165, 1.54) is 17.7 Å². The van der Waals surface area contributed by atoms with Crippen molar-refractivity contribution in [1.29, 1.82) is 0 Å². The third-order valence-electron chi connectivity index (χ3n) is 2.45. The van der Waals surface area contributed by atoms with Crippen LogP contribution < -0.4 is 10.9 Å². The Morgan fingerprint density at radius 2 is 2.28 bits per heavy atom. The fourth-order valence-corrected chi connectivity index (χ4v) is 1.50.